The van der Waals surface area contributed by atoms with Crippen molar-refractivity contribution in [2.24, 2.45) is 0 Å². The highest BCUT2D eigenvalue weighted by atomic mass is 35.5. The van der Waals surface area contributed by atoms with Crippen LogP contribution in [0.5, 0.6) is 0 Å². The monoisotopic (exact) mass is 377 g/mol. The minimum atomic E-state index is -0.427. The Morgan fingerprint density at radius 2 is 1.76 bits per heavy atom. The predicted molar refractivity (Wildman–Crippen MR) is 95.7 cm³/mol. The molecule has 0 N–H and O–H groups in total. The summed E-state index contributed by atoms with van der Waals surface area (Å²) in [5, 5.41) is 9.55. The second-order valence-corrected chi connectivity index (χ2v) is 6.50. The molecule has 0 aliphatic carbocycles. The fourth-order valence-electron chi connectivity index (χ4n) is 2.80. The first kappa shape index (κ1) is 17.5. The molecule has 4 nitrogen and oxygen atoms in total. The van der Waals surface area contributed by atoms with Gasteiger partial charge in [-0.25, -0.2) is 4.39 Å². The minimum Gasteiger partial charge on any atom is -0.366 e. The van der Waals surface area contributed by atoms with Crippen LogP contribution in [0.15, 0.2) is 36.4 Å². The predicted octanol–water partition coefficient (Wildman–Crippen LogP) is 3.97. The molecule has 25 heavy (non-hydrogen) atoms. The summed E-state index contributed by atoms with van der Waals surface area (Å²) < 4.78 is 14.1. The van der Waals surface area contributed by atoms with E-state index in [9.17, 15) is 9.18 Å². The van der Waals surface area contributed by atoms with Gasteiger partial charge in [0.15, 0.2) is 0 Å². The summed E-state index contributed by atoms with van der Waals surface area (Å²) in [5.74, 6) is -0.554. The van der Waals surface area contributed by atoms with Gasteiger partial charge in [0.1, 0.15) is 5.82 Å². The molecule has 1 aliphatic rings. The molecule has 0 aromatic heterocycles. The van der Waals surface area contributed by atoms with E-state index in [1.807, 2.05) is 11.0 Å². The van der Waals surface area contributed by atoms with E-state index in [4.69, 9.17) is 28.5 Å². The Bertz CT molecular complexity index is 858. The number of amides is 1. The lowest BCUT2D eigenvalue weighted by atomic mass is 10.1. The second kappa shape index (κ2) is 7.30. The van der Waals surface area contributed by atoms with Gasteiger partial charge in [0.25, 0.3) is 5.91 Å². The van der Waals surface area contributed by atoms with Crippen LogP contribution >= 0.6 is 23.2 Å². The number of hydrogen-bond acceptors (Lipinski definition) is 3. The smallest absolute Gasteiger partial charge is 0.254 e. The topological polar surface area (TPSA) is 47.3 Å². The largest absolute Gasteiger partial charge is 0.366 e. The van der Waals surface area contributed by atoms with Crippen molar-refractivity contribution in [2.45, 2.75) is 0 Å². The lowest BCUT2D eigenvalue weighted by Gasteiger charge is -2.36. The maximum absolute atomic E-state index is 14.1. The summed E-state index contributed by atoms with van der Waals surface area (Å²) in [4.78, 5) is 16.1. The maximum atomic E-state index is 14.1. The van der Waals surface area contributed by atoms with Crippen molar-refractivity contribution in [3.63, 3.8) is 0 Å². The molecule has 1 aliphatic heterocycles. The van der Waals surface area contributed by atoms with E-state index in [-0.39, 0.29) is 11.5 Å². The normalized spacial score (nSPS) is 14.3. The Hall–Kier alpha value is -2.29. The molecule has 0 radical (unpaired) electrons. The van der Waals surface area contributed by atoms with Crippen LogP contribution in [0, 0.1) is 17.1 Å². The number of halogens is 3. The van der Waals surface area contributed by atoms with Gasteiger partial charge in [-0.15, -0.1) is 0 Å². The molecular formula is C18H14Cl2FN3O. The van der Waals surface area contributed by atoms with Gasteiger partial charge in [-0.3, -0.25) is 4.79 Å². The molecule has 2 aromatic rings. The summed E-state index contributed by atoms with van der Waals surface area (Å²) in [6, 6.07) is 11.1. The number of nitriles is 1. The third-order valence-corrected chi connectivity index (χ3v) is 4.89. The van der Waals surface area contributed by atoms with Gasteiger partial charge in [-0.05, 0) is 36.4 Å². The highest BCUT2D eigenvalue weighted by Crippen LogP contribution is 2.25. The van der Waals surface area contributed by atoms with E-state index in [0.29, 0.717) is 47.5 Å². The van der Waals surface area contributed by atoms with Gasteiger partial charge >= 0.3 is 0 Å². The molecule has 3 rings (SSSR count). The Morgan fingerprint density at radius 1 is 1.04 bits per heavy atom. The molecule has 0 bridgehead atoms. The van der Waals surface area contributed by atoms with E-state index in [2.05, 4.69) is 0 Å². The van der Waals surface area contributed by atoms with E-state index >= 15 is 0 Å². The van der Waals surface area contributed by atoms with Gasteiger partial charge < -0.3 is 9.80 Å². The molecule has 7 heteroatoms. The number of nitrogens with zero attached hydrogens (tertiary/aromatic N) is 3. The summed E-state index contributed by atoms with van der Waals surface area (Å²) in [5.41, 5.74) is 1.21. The number of hydrogen-bond donors (Lipinski definition) is 0. The number of benzene rings is 2. The molecule has 1 fully saturated rings. The van der Waals surface area contributed by atoms with Gasteiger partial charge in [0.2, 0.25) is 0 Å². The maximum Gasteiger partial charge on any atom is 0.254 e. The molecular weight excluding hydrogens is 364 g/mol. The number of carbonyl (C=O) groups is 1. The fourth-order valence-corrected chi connectivity index (χ4v) is 3.09. The van der Waals surface area contributed by atoms with E-state index in [0.717, 1.165) is 0 Å². The minimum absolute atomic E-state index is 0.126. The molecule has 0 atom stereocenters. The Labute approximate surface area is 155 Å². The van der Waals surface area contributed by atoms with Crippen LogP contribution < -0.4 is 4.90 Å². The summed E-state index contributed by atoms with van der Waals surface area (Å²) in [6.07, 6.45) is 0. The Morgan fingerprint density at radius 3 is 2.36 bits per heavy atom. The van der Waals surface area contributed by atoms with Crippen LogP contribution in [-0.4, -0.2) is 37.0 Å². The van der Waals surface area contributed by atoms with Crippen molar-refractivity contribution < 1.29 is 9.18 Å². The van der Waals surface area contributed by atoms with Crippen LogP contribution in [0.25, 0.3) is 0 Å². The molecule has 0 unspecified atom stereocenters. The lowest BCUT2D eigenvalue weighted by Crippen LogP contribution is -2.49. The number of rotatable bonds is 2. The molecule has 0 spiro atoms. The molecule has 1 saturated heterocycles. The molecule has 0 saturated carbocycles. The van der Waals surface area contributed by atoms with Crippen LogP contribution in [-0.2, 0) is 0 Å². The van der Waals surface area contributed by atoms with Gasteiger partial charge in [-0.2, -0.15) is 5.26 Å². The van der Waals surface area contributed by atoms with Crippen LogP contribution in [0.1, 0.15) is 15.9 Å². The van der Waals surface area contributed by atoms with Crippen molar-refractivity contribution in [3.05, 3.63) is 63.4 Å². The molecule has 1 amide bonds. The van der Waals surface area contributed by atoms with Crippen LogP contribution in [0.2, 0.25) is 10.0 Å². The van der Waals surface area contributed by atoms with E-state index in [1.54, 1.807) is 35.2 Å². The fraction of sp³-hybridized carbons (Fsp3) is 0.222. The SMILES string of the molecule is N#Cc1ccc(N2CCN(C(=O)c3ccc(Cl)c(Cl)c3)CC2)c(F)c1. The highest BCUT2D eigenvalue weighted by Gasteiger charge is 2.24. The summed E-state index contributed by atoms with van der Waals surface area (Å²) in [6.45, 7) is 1.96. The number of piperazine rings is 1. The summed E-state index contributed by atoms with van der Waals surface area (Å²) in [7, 11) is 0. The lowest BCUT2D eigenvalue weighted by molar-refractivity contribution is 0.0746. The third kappa shape index (κ3) is 3.71. The van der Waals surface area contributed by atoms with E-state index < -0.39 is 5.82 Å². The number of carbonyl (C=O) groups excluding carboxylic acids is 1. The first-order chi connectivity index (χ1) is 12.0. The van der Waals surface area contributed by atoms with Gasteiger partial charge in [-0.1, -0.05) is 23.2 Å². The van der Waals surface area contributed by atoms with Crippen molar-refractivity contribution in [2.75, 3.05) is 31.1 Å². The first-order valence-corrected chi connectivity index (χ1v) is 8.44. The molecule has 2 aromatic carbocycles. The first-order valence-electron chi connectivity index (χ1n) is 7.68. The molecule has 1 heterocycles. The zero-order valence-corrected chi connectivity index (χ0v) is 14.7. The number of anilines is 1. The Kier molecular flexibility index (Phi) is 5.12. The zero-order chi connectivity index (χ0) is 18.0. The van der Waals surface area contributed by atoms with Crippen molar-refractivity contribution in [3.8, 4) is 6.07 Å². The van der Waals surface area contributed by atoms with Gasteiger partial charge in [0, 0.05) is 31.7 Å². The average Bonchev–Trinajstić information content (AvgIpc) is 2.63. The standard InChI is InChI=1S/C18H14Cl2FN3O/c19-14-3-2-13(10-15(14)20)18(25)24-7-5-23(6-8-24)17-4-1-12(11-22)9-16(17)21/h1-4,9-10H,5-8H2. The average molecular weight is 378 g/mol. The second-order valence-electron chi connectivity index (χ2n) is 5.69. The zero-order valence-electron chi connectivity index (χ0n) is 13.2. The van der Waals surface area contributed by atoms with Gasteiger partial charge in [0.05, 0.1) is 27.4 Å². The van der Waals surface area contributed by atoms with Crippen LogP contribution in [0.4, 0.5) is 10.1 Å². The highest BCUT2D eigenvalue weighted by molar-refractivity contribution is 6.42. The van der Waals surface area contributed by atoms with Crippen molar-refractivity contribution in [1.82, 2.24) is 4.90 Å². The Balaban J connectivity index is 1.68. The van der Waals surface area contributed by atoms with Crippen molar-refractivity contribution >= 4 is 34.8 Å². The van der Waals surface area contributed by atoms with E-state index in [1.165, 1.54) is 6.07 Å². The van der Waals surface area contributed by atoms with Crippen molar-refractivity contribution in [1.29, 1.82) is 5.26 Å². The third-order valence-electron chi connectivity index (χ3n) is 4.15. The van der Waals surface area contributed by atoms with Crippen LogP contribution in [0.3, 0.4) is 0 Å². The summed E-state index contributed by atoms with van der Waals surface area (Å²) >= 11 is 11.8. The molecule has 128 valence electrons. The quantitative estimate of drug-likeness (QED) is 0.795.